The van der Waals surface area contributed by atoms with Gasteiger partial charge in [0.25, 0.3) is 11.8 Å². The van der Waals surface area contributed by atoms with E-state index < -0.39 is 29.6 Å². The Bertz CT molecular complexity index is 629. The second-order valence-electron chi connectivity index (χ2n) is 4.72. The van der Waals surface area contributed by atoms with Crippen molar-refractivity contribution < 1.29 is 23.6 Å². The lowest BCUT2D eigenvalue weighted by Gasteiger charge is -2.22. The molecule has 1 aromatic rings. The molecule has 0 spiro atoms. The molecule has 0 aromatic heterocycles. The summed E-state index contributed by atoms with van der Waals surface area (Å²) in [5.74, 6) is -2.51. The van der Waals surface area contributed by atoms with E-state index in [4.69, 9.17) is 0 Å². The lowest BCUT2D eigenvalue weighted by atomic mass is 10.1. The van der Waals surface area contributed by atoms with Crippen LogP contribution in [0.2, 0.25) is 0 Å². The van der Waals surface area contributed by atoms with Gasteiger partial charge in [-0.1, -0.05) is 6.07 Å². The molecule has 1 atom stereocenters. The number of amides is 4. The Morgan fingerprint density at radius 2 is 2.10 bits per heavy atom. The van der Waals surface area contributed by atoms with Crippen molar-refractivity contribution in [3.8, 4) is 0 Å². The van der Waals surface area contributed by atoms with Gasteiger partial charge in [-0.15, -0.1) is 0 Å². The summed E-state index contributed by atoms with van der Waals surface area (Å²) in [7, 11) is 0. The normalized spacial score (nSPS) is 14.9. The van der Waals surface area contributed by atoms with Crippen molar-refractivity contribution in [3.63, 3.8) is 0 Å². The van der Waals surface area contributed by atoms with Crippen LogP contribution >= 0.6 is 0 Å². The Hall–Kier alpha value is -2.57. The first-order valence-corrected chi connectivity index (χ1v) is 6.36. The molecule has 1 unspecified atom stereocenters. The van der Waals surface area contributed by atoms with Crippen molar-refractivity contribution in [3.05, 3.63) is 35.1 Å². The fourth-order valence-electron chi connectivity index (χ4n) is 2.27. The molecular weight excluding hydrogens is 279 g/mol. The van der Waals surface area contributed by atoms with Gasteiger partial charge in [0.1, 0.15) is 5.82 Å². The number of hydrogen-bond acceptors (Lipinski definition) is 4. The van der Waals surface area contributed by atoms with Crippen molar-refractivity contribution in [2.75, 3.05) is 0 Å². The van der Waals surface area contributed by atoms with Gasteiger partial charge in [-0.3, -0.25) is 29.4 Å². The fourth-order valence-corrected chi connectivity index (χ4v) is 2.27. The fraction of sp³-hybridized carbons (Fsp3) is 0.286. The largest absolute Gasteiger partial charge is 0.299 e. The molecule has 0 fully saturated rings. The van der Waals surface area contributed by atoms with Gasteiger partial charge in [0.15, 0.2) is 0 Å². The highest BCUT2D eigenvalue weighted by molar-refractivity contribution is 6.21. The minimum atomic E-state index is -0.737. The number of nitrogens with zero attached hydrogens (tertiary/aromatic N) is 1. The number of nitrogens with one attached hydrogen (secondary N) is 1. The molecule has 1 N–H and O–H groups in total. The zero-order valence-electron chi connectivity index (χ0n) is 11.3. The van der Waals surface area contributed by atoms with E-state index in [2.05, 4.69) is 0 Å². The van der Waals surface area contributed by atoms with Gasteiger partial charge in [-0.25, -0.2) is 4.39 Å². The molecule has 7 heteroatoms. The molecule has 0 radical (unpaired) electrons. The van der Waals surface area contributed by atoms with Crippen LogP contribution in [0.25, 0.3) is 0 Å². The predicted molar refractivity (Wildman–Crippen MR) is 69.8 cm³/mol. The molecule has 1 heterocycles. The summed E-state index contributed by atoms with van der Waals surface area (Å²) in [6, 6.07) is 3.31. The van der Waals surface area contributed by atoms with Gasteiger partial charge < -0.3 is 0 Å². The van der Waals surface area contributed by atoms with Crippen molar-refractivity contribution in [1.29, 1.82) is 0 Å². The van der Waals surface area contributed by atoms with Crippen LogP contribution in [0.5, 0.6) is 0 Å². The first-order valence-electron chi connectivity index (χ1n) is 6.36. The van der Waals surface area contributed by atoms with Crippen LogP contribution in [0.1, 0.15) is 40.5 Å². The Balaban J connectivity index is 2.14. The third kappa shape index (κ3) is 2.67. The van der Waals surface area contributed by atoms with Gasteiger partial charge in [-0.05, 0) is 25.5 Å². The average Bonchev–Trinajstić information content (AvgIpc) is 2.70. The summed E-state index contributed by atoms with van der Waals surface area (Å²) in [6.45, 7) is 1.59. The van der Waals surface area contributed by atoms with Crippen LogP contribution < -0.4 is 5.32 Å². The second kappa shape index (κ2) is 5.82. The van der Waals surface area contributed by atoms with Crippen LogP contribution in [-0.2, 0) is 9.59 Å². The van der Waals surface area contributed by atoms with Crippen molar-refractivity contribution >= 4 is 24.1 Å². The first-order chi connectivity index (χ1) is 9.97. The first kappa shape index (κ1) is 14.8. The van der Waals surface area contributed by atoms with E-state index >= 15 is 0 Å². The number of benzene rings is 1. The highest BCUT2D eigenvalue weighted by atomic mass is 19.1. The Kier molecular flexibility index (Phi) is 4.11. The second-order valence-corrected chi connectivity index (χ2v) is 4.72. The quantitative estimate of drug-likeness (QED) is 0.644. The number of hydrogen-bond donors (Lipinski definition) is 1. The molecule has 2 rings (SSSR count). The Labute approximate surface area is 119 Å². The molecule has 0 aliphatic carbocycles. The molecule has 0 saturated heterocycles. The molecule has 4 amide bonds. The summed E-state index contributed by atoms with van der Waals surface area (Å²) in [6.07, 6.45) is 0.437. The lowest BCUT2D eigenvalue weighted by molar-refractivity contribution is -0.125. The molecule has 1 aliphatic heterocycles. The minimum absolute atomic E-state index is 0.0181. The maximum Gasteiger partial charge on any atom is 0.264 e. The third-order valence-corrected chi connectivity index (χ3v) is 3.35. The van der Waals surface area contributed by atoms with E-state index in [1.165, 1.54) is 12.1 Å². The van der Waals surface area contributed by atoms with E-state index in [0.29, 0.717) is 0 Å². The van der Waals surface area contributed by atoms with Crippen molar-refractivity contribution in [2.24, 2.45) is 0 Å². The Morgan fingerprint density at radius 3 is 2.71 bits per heavy atom. The van der Waals surface area contributed by atoms with Crippen LogP contribution in [0.15, 0.2) is 18.2 Å². The number of halogens is 1. The van der Waals surface area contributed by atoms with Crippen molar-refractivity contribution in [2.45, 2.75) is 25.8 Å². The summed E-state index contributed by atoms with van der Waals surface area (Å²) >= 11 is 0. The predicted octanol–water partition coefficient (Wildman–Crippen LogP) is 0.863. The van der Waals surface area contributed by atoms with Crippen molar-refractivity contribution in [1.82, 2.24) is 10.2 Å². The molecule has 1 aliphatic rings. The SMILES string of the molecule is CC(CCC(=O)NC=O)N1C(=O)c2cccc(F)c2C1=O. The number of rotatable bonds is 5. The third-order valence-electron chi connectivity index (χ3n) is 3.35. The zero-order valence-corrected chi connectivity index (χ0v) is 11.3. The molecule has 21 heavy (non-hydrogen) atoms. The number of carbonyl (C=O) groups is 4. The van der Waals surface area contributed by atoms with Crippen LogP contribution in [0, 0.1) is 5.82 Å². The summed E-state index contributed by atoms with van der Waals surface area (Å²) in [5, 5.41) is 1.97. The molecule has 0 saturated carbocycles. The topological polar surface area (TPSA) is 83.6 Å². The highest BCUT2D eigenvalue weighted by Crippen LogP contribution is 2.27. The monoisotopic (exact) mass is 292 g/mol. The van der Waals surface area contributed by atoms with Gasteiger partial charge in [-0.2, -0.15) is 0 Å². The maximum absolute atomic E-state index is 13.7. The molecular formula is C14H13FN2O4. The molecule has 6 nitrogen and oxygen atoms in total. The number of carbonyl (C=O) groups excluding carboxylic acids is 4. The maximum atomic E-state index is 13.7. The van der Waals surface area contributed by atoms with E-state index in [9.17, 15) is 23.6 Å². The molecule has 1 aromatic carbocycles. The summed E-state index contributed by atoms with van der Waals surface area (Å²) < 4.78 is 13.7. The van der Waals surface area contributed by atoms with Gasteiger partial charge in [0.05, 0.1) is 11.1 Å². The smallest absolute Gasteiger partial charge is 0.264 e. The minimum Gasteiger partial charge on any atom is -0.299 e. The van der Waals surface area contributed by atoms with E-state index in [0.717, 1.165) is 11.0 Å². The lowest BCUT2D eigenvalue weighted by Crippen LogP contribution is -2.38. The van der Waals surface area contributed by atoms with E-state index in [-0.39, 0.29) is 30.4 Å². The standard InChI is InChI=1S/C14H13FN2O4/c1-8(5-6-11(19)16-7-18)17-13(20)9-3-2-4-10(15)12(9)14(17)21/h2-4,7-8H,5-6H2,1H3,(H,16,18,19). The van der Waals surface area contributed by atoms with Gasteiger partial charge in [0.2, 0.25) is 12.3 Å². The molecule has 110 valence electrons. The Morgan fingerprint density at radius 1 is 1.38 bits per heavy atom. The zero-order chi connectivity index (χ0) is 15.6. The van der Waals surface area contributed by atoms with Crippen LogP contribution in [0.3, 0.4) is 0 Å². The number of fused-ring (bicyclic) bond motifs is 1. The van der Waals surface area contributed by atoms with Crippen LogP contribution in [0.4, 0.5) is 4.39 Å². The summed E-state index contributed by atoms with van der Waals surface area (Å²) in [5.41, 5.74) is -0.198. The highest BCUT2D eigenvalue weighted by Gasteiger charge is 2.40. The molecule has 0 bridgehead atoms. The van der Waals surface area contributed by atoms with Gasteiger partial charge in [0, 0.05) is 12.5 Å². The van der Waals surface area contributed by atoms with E-state index in [1.807, 2.05) is 5.32 Å². The van der Waals surface area contributed by atoms with E-state index in [1.54, 1.807) is 6.92 Å². The van der Waals surface area contributed by atoms with Gasteiger partial charge >= 0.3 is 0 Å². The number of imide groups is 2. The van der Waals surface area contributed by atoms with Crippen LogP contribution in [-0.4, -0.2) is 35.1 Å². The average molecular weight is 292 g/mol. The summed E-state index contributed by atoms with van der Waals surface area (Å²) in [4.78, 5) is 46.6.